The first-order valence-corrected chi connectivity index (χ1v) is 9.39. The lowest BCUT2D eigenvalue weighted by atomic mass is 10.1. The maximum atomic E-state index is 14.0. The van der Waals surface area contributed by atoms with Gasteiger partial charge in [0.25, 0.3) is 0 Å². The van der Waals surface area contributed by atoms with Gasteiger partial charge in [0.2, 0.25) is 6.29 Å². The third-order valence-corrected chi connectivity index (χ3v) is 5.06. The van der Waals surface area contributed by atoms with Gasteiger partial charge >= 0.3 is 5.97 Å². The minimum Gasteiger partial charge on any atom is -0.460 e. The Morgan fingerprint density at radius 1 is 1.19 bits per heavy atom. The number of hydrogen-bond acceptors (Lipinski definition) is 5. The van der Waals surface area contributed by atoms with Crippen molar-refractivity contribution in [3.63, 3.8) is 0 Å². The van der Waals surface area contributed by atoms with Crippen LogP contribution in [0.1, 0.15) is 27.9 Å². The van der Waals surface area contributed by atoms with Gasteiger partial charge < -0.3 is 14.2 Å². The van der Waals surface area contributed by atoms with Crippen LogP contribution in [0.3, 0.4) is 0 Å². The molecule has 0 aliphatic carbocycles. The summed E-state index contributed by atoms with van der Waals surface area (Å²) in [6, 6.07) is 16.0. The van der Waals surface area contributed by atoms with Gasteiger partial charge in [-0.25, -0.2) is 4.39 Å². The van der Waals surface area contributed by atoms with Gasteiger partial charge in [0, 0.05) is 21.6 Å². The van der Waals surface area contributed by atoms with Crippen molar-refractivity contribution < 1.29 is 23.4 Å². The second-order valence-corrected chi connectivity index (χ2v) is 7.17. The average Bonchev–Trinajstić information content (AvgIpc) is 3.19. The normalized spacial score (nSPS) is 15.7. The van der Waals surface area contributed by atoms with E-state index in [0.29, 0.717) is 16.9 Å². The van der Waals surface area contributed by atoms with Crippen molar-refractivity contribution in [2.45, 2.75) is 25.9 Å². The molecule has 2 aromatic carbocycles. The topological polar surface area (TPSA) is 44.8 Å². The Morgan fingerprint density at radius 3 is 2.81 bits per heavy atom. The van der Waals surface area contributed by atoms with Gasteiger partial charge in [-0.3, -0.25) is 4.79 Å². The maximum absolute atomic E-state index is 14.0. The second-order valence-electron chi connectivity index (χ2n) is 6.14. The predicted molar refractivity (Wildman–Crippen MR) is 98.8 cm³/mol. The Balaban J connectivity index is 1.50. The molecule has 4 rings (SSSR count). The van der Waals surface area contributed by atoms with E-state index < -0.39 is 12.1 Å². The molecule has 1 atom stereocenters. The highest BCUT2D eigenvalue weighted by Crippen LogP contribution is 2.36. The molecule has 0 N–H and O–H groups in total. The third-order valence-electron chi connectivity index (χ3n) is 4.18. The summed E-state index contributed by atoms with van der Waals surface area (Å²) in [5.74, 6) is -0.258. The molecule has 1 unspecified atom stereocenters. The molecule has 1 aliphatic rings. The van der Waals surface area contributed by atoms with Crippen LogP contribution >= 0.6 is 11.3 Å². The average molecular weight is 384 g/mol. The highest BCUT2D eigenvalue weighted by molar-refractivity contribution is 7.10. The first-order chi connectivity index (χ1) is 13.2. The highest BCUT2D eigenvalue weighted by atomic mass is 32.1. The van der Waals surface area contributed by atoms with Crippen molar-refractivity contribution in [3.8, 4) is 5.75 Å². The smallest absolute Gasteiger partial charge is 0.311 e. The monoisotopic (exact) mass is 384 g/mol. The molecular weight excluding hydrogens is 367 g/mol. The van der Waals surface area contributed by atoms with E-state index in [-0.39, 0.29) is 25.6 Å². The van der Waals surface area contributed by atoms with Crippen molar-refractivity contribution >= 4 is 17.3 Å². The number of halogens is 1. The molecule has 3 aromatic rings. The van der Waals surface area contributed by atoms with Gasteiger partial charge in [-0.1, -0.05) is 36.4 Å². The zero-order chi connectivity index (χ0) is 18.6. The molecule has 0 bridgehead atoms. The molecule has 0 saturated carbocycles. The lowest BCUT2D eigenvalue weighted by molar-refractivity contribution is -0.144. The molecule has 0 spiro atoms. The van der Waals surface area contributed by atoms with Crippen LogP contribution in [0.2, 0.25) is 0 Å². The molecule has 6 heteroatoms. The van der Waals surface area contributed by atoms with Gasteiger partial charge in [0.05, 0.1) is 13.0 Å². The molecule has 1 aliphatic heterocycles. The Morgan fingerprint density at radius 2 is 2.04 bits per heavy atom. The highest BCUT2D eigenvalue weighted by Gasteiger charge is 2.25. The summed E-state index contributed by atoms with van der Waals surface area (Å²) < 4.78 is 31.0. The summed E-state index contributed by atoms with van der Waals surface area (Å²) in [6.45, 7) is 0.175. The summed E-state index contributed by atoms with van der Waals surface area (Å²) in [5.41, 5.74) is 1.97. The molecule has 2 heterocycles. The first-order valence-electron chi connectivity index (χ1n) is 8.51. The zero-order valence-corrected chi connectivity index (χ0v) is 15.2. The fraction of sp³-hybridized carbons (Fsp3) is 0.190. The van der Waals surface area contributed by atoms with Gasteiger partial charge in [0.1, 0.15) is 18.2 Å². The number of benzene rings is 2. The number of carbonyl (C=O) groups excluding carboxylic acids is 1. The van der Waals surface area contributed by atoms with E-state index in [1.54, 1.807) is 0 Å². The Hall–Kier alpha value is -2.70. The molecular formula is C21H17FO4S. The quantitative estimate of drug-likeness (QED) is 0.594. The van der Waals surface area contributed by atoms with Crippen LogP contribution in [-0.4, -0.2) is 5.97 Å². The van der Waals surface area contributed by atoms with Gasteiger partial charge in [-0.15, -0.1) is 11.3 Å². The lowest BCUT2D eigenvalue weighted by Gasteiger charge is -2.28. The van der Waals surface area contributed by atoms with Crippen LogP contribution in [0.5, 0.6) is 5.75 Å². The van der Waals surface area contributed by atoms with Crippen LogP contribution in [-0.2, 0) is 33.9 Å². The Kier molecular flexibility index (Phi) is 5.18. The van der Waals surface area contributed by atoms with Crippen LogP contribution in [0.25, 0.3) is 0 Å². The minimum absolute atomic E-state index is 0.0498. The van der Waals surface area contributed by atoms with Crippen molar-refractivity contribution in [2.75, 3.05) is 0 Å². The van der Waals surface area contributed by atoms with Crippen LogP contribution < -0.4 is 4.74 Å². The standard InChI is InChI=1S/C21H17FO4S/c22-17-9-15(12-24-19(23)11-18-7-4-8-27-18)20-16(10-17)13-25-21(26-20)14-5-2-1-3-6-14/h1-10,21H,11-13H2. The number of rotatable bonds is 5. The van der Waals surface area contributed by atoms with Gasteiger partial charge in [-0.05, 0) is 23.6 Å². The van der Waals surface area contributed by atoms with Gasteiger partial charge in [0.15, 0.2) is 0 Å². The Labute approximate surface area is 160 Å². The van der Waals surface area contributed by atoms with Crippen molar-refractivity contribution in [2.24, 2.45) is 0 Å². The van der Waals surface area contributed by atoms with E-state index in [0.717, 1.165) is 10.4 Å². The number of thiophene rings is 1. The maximum Gasteiger partial charge on any atom is 0.311 e. The number of hydrogen-bond donors (Lipinski definition) is 0. The summed E-state index contributed by atoms with van der Waals surface area (Å²) in [7, 11) is 0. The summed E-state index contributed by atoms with van der Waals surface area (Å²) in [6.07, 6.45) is -0.379. The summed E-state index contributed by atoms with van der Waals surface area (Å²) >= 11 is 1.49. The molecule has 0 radical (unpaired) electrons. The first kappa shape index (κ1) is 17.7. The lowest BCUT2D eigenvalue weighted by Crippen LogP contribution is -2.20. The van der Waals surface area contributed by atoms with E-state index in [4.69, 9.17) is 14.2 Å². The molecule has 138 valence electrons. The van der Waals surface area contributed by atoms with Crippen molar-refractivity contribution in [3.05, 3.63) is 87.4 Å². The van der Waals surface area contributed by atoms with Crippen LogP contribution in [0.15, 0.2) is 60.0 Å². The third kappa shape index (κ3) is 4.18. The minimum atomic E-state index is -0.579. The Bertz CT molecular complexity index is 925. The fourth-order valence-electron chi connectivity index (χ4n) is 2.92. The van der Waals surface area contributed by atoms with E-state index in [1.165, 1.54) is 23.5 Å². The van der Waals surface area contributed by atoms with Gasteiger partial charge in [-0.2, -0.15) is 0 Å². The molecule has 4 nitrogen and oxygen atoms in total. The van der Waals surface area contributed by atoms with E-state index in [2.05, 4.69) is 0 Å². The van der Waals surface area contributed by atoms with E-state index >= 15 is 0 Å². The van der Waals surface area contributed by atoms with E-state index in [9.17, 15) is 9.18 Å². The summed E-state index contributed by atoms with van der Waals surface area (Å²) in [4.78, 5) is 13.0. The summed E-state index contributed by atoms with van der Waals surface area (Å²) in [5, 5.41) is 1.91. The predicted octanol–water partition coefficient (Wildman–Crippen LogP) is 4.78. The zero-order valence-electron chi connectivity index (χ0n) is 14.4. The molecule has 1 aromatic heterocycles. The van der Waals surface area contributed by atoms with Crippen LogP contribution in [0.4, 0.5) is 4.39 Å². The SMILES string of the molecule is O=C(Cc1cccs1)OCc1cc(F)cc2c1OC(c1ccccc1)OC2. The second kappa shape index (κ2) is 7.90. The number of fused-ring (bicyclic) bond motifs is 1. The van der Waals surface area contributed by atoms with E-state index in [1.807, 2.05) is 47.8 Å². The molecule has 0 amide bonds. The molecule has 0 saturated heterocycles. The van der Waals surface area contributed by atoms with Crippen molar-refractivity contribution in [1.82, 2.24) is 0 Å². The molecule has 27 heavy (non-hydrogen) atoms. The number of carbonyl (C=O) groups is 1. The largest absolute Gasteiger partial charge is 0.460 e. The van der Waals surface area contributed by atoms with Crippen LogP contribution in [0, 0.1) is 5.82 Å². The van der Waals surface area contributed by atoms with Crippen molar-refractivity contribution in [1.29, 1.82) is 0 Å². The number of esters is 1. The number of ether oxygens (including phenoxy) is 3. The fourth-order valence-corrected chi connectivity index (χ4v) is 3.61. The molecule has 0 fully saturated rings.